The summed E-state index contributed by atoms with van der Waals surface area (Å²) in [6.07, 6.45) is 5.42. The van der Waals surface area contributed by atoms with Crippen molar-refractivity contribution in [2.24, 2.45) is 11.7 Å². The smallest absolute Gasteiger partial charge is 0.325 e. The van der Waals surface area contributed by atoms with Gasteiger partial charge in [0.05, 0.1) is 0 Å². The summed E-state index contributed by atoms with van der Waals surface area (Å²) in [7, 11) is 0. The zero-order valence-corrected chi connectivity index (χ0v) is 12.0. The van der Waals surface area contributed by atoms with E-state index in [1.54, 1.807) is 0 Å². The van der Waals surface area contributed by atoms with Crippen molar-refractivity contribution in [3.8, 4) is 0 Å². The molecule has 1 atom stereocenters. The number of hydrogen-bond acceptors (Lipinski definition) is 3. The summed E-state index contributed by atoms with van der Waals surface area (Å²) in [5, 5.41) is 9.39. The van der Waals surface area contributed by atoms with Crippen molar-refractivity contribution >= 4 is 5.97 Å². The fourth-order valence-electron chi connectivity index (χ4n) is 2.39. The Morgan fingerprint density at radius 2 is 2.06 bits per heavy atom. The van der Waals surface area contributed by atoms with E-state index in [9.17, 15) is 9.90 Å². The number of aliphatic carboxylic acids is 1. The molecule has 0 aromatic heterocycles. The highest BCUT2D eigenvalue weighted by Crippen LogP contribution is 2.39. The molecular formula is C14H28N2O2. The summed E-state index contributed by atoms with van der Waals surface area (Å²) < 4.78 is 0. The lowest BCUT2D eigenvalue weighted by atomic mass is 9.93. The third kappa shape index (κ3) is 3.95. The van der Waals surface area contributed by atoms with Crippen molar-refractivity contribution in [2.45, 2.75) is 64.5 Å². The SMILES string of the molecule is CCCCCN(CC(N)(C(=O)O)C1CC1)C(C)C. The van der Waals surface area contributed by atoms with Crippen LogP contribution < -0.4 is 5.73 Å². The molecule has 0 aromatic rings. The van der Waals surface area contributed by atoms with Gasteiger partial charge in [0, 0.05) is 12.6 Å². The Hall–Kier alpha value is -0.610. The molecule has 0 saturated heterocycles. The van der Waals surface area contributed by atoms with Crippen molar-refractivity contribution in [3.63, 3.8) is 0 Å². The Bertz CT molecular complexity index is 277. The van der Waals surface area contributed by atoms with E-state index in [1.807, 2.05) is 0 Å². The fraction of sp³-hybridized carbons (Fsp3) is 0.929. The Morgan fingerprint density at radius 3 is 2.44 bits per heavy atom. The molecule has 3 N–H and O–H groups in total. The second-order valence-corrected chi connectivity index (χ2v) is 5.89. The van der Waals surface area contributed by atoms with Gasteiger partial charge in [-0.25, -0.2) is 0 Å². The number of hydrogen-bond donors (Lipinski definition) is 2. The van der Waals surface area contributed by atoms with E-state index in [0.29, 0.717) is 12.6 Å². The van der Waals surface area contributed by atoms with Crippen LogP contribution in [-0.2, 0) is 4.79 Å². The molecule has 1 rings (SSSR count). The van der Waals surface area contributed by atoms with Crippen LogP contribution >= 0.6 is 0 Å². The molecule has 1 aliphatic carbocycles. The standard InChI is InChI=1S/C14H28N2O2/c1-4-5-6-9-16(11(2)3)10-14(15,13(17)18)12-7-8-12/h11-12H,4-10,15H2,1-3H3,(H,17,18). The van der Waals surface area contributed by atoms with Crippen LogP contribution in [0.1, 0.15) is 52.9 Å². The number of carboxylic acids is 1. The molecule has 4 nitrogen and oxygen atoms in total. The zero-order chi connectivity index (χ0) is 13.8. The van der Waals surface area contributed by atoms with E-state index >= 15 is 0 Å². The van der Waals surface area contributed by atoms with Crippen LogP contribution in [0.4, 0.5) is 0 Å². The summed E-state index contributed by atoms with van der Waals surface area (Å²) in [5.41, 5.74) is 5.10. The summed E-state index contributed by atoms with van der Waals surface area (Å²) in [4.78, 5) is 13.7. The van der Waals surface area contributed by atoms with Crippen molar-refractivity contribution in [2.75, 3.05) is 13.1 Å². The molecule has 106 valence electrons. The van der Waals surface area contributed by atoms with Crippen LogP contribution in [0.25, 0.3) is 0 Å². The molecular weight excluding hydrogens is 228 g/mol. The summed E-state index contributed by atoms with van der Waals surface area (Å²) in [6, 6.07) is 0.350. The van der Waals surface area contributed by atoms with Crippen molar-refractivity contribution in [3.05, 3.63) is 0 Å². The number of nitrogens with zero attached hydrogens (tertiary/aromatic N) is 1. The summed E-state index contributed by atoms with van der Waals surface area (Å²) >= 11 is 0. The van der Waals surface area contributed by atoms with Gasteiger partial charge in [-0.3, -0.25) is 9.69 Å². The van der Waals surface area contributed by atoms with Crippen molar-refractivity contribution < 1.29 is 9.90 Å². The first-order valence-electron chi connectivity index (χ1n) is 7.18. The van der Waals surface area contributed by atoms with Gasteiger partial charge >= 0.3 is 5.97 Å². The Morgan fingerprint density at radius 1 is 1.44 bits per heavy atom. The van der Waals surface area contributed by atoms with E-state index < -0.39 is 11.5 Å². The normalized spacial score (nSPS) is 19.2. The van der Waals surface area contributed by atoms with Crippen molar-refractivity contribution in [1.82, 2.24) is 4.90 Å². The first-order valence-corrected chi connectivity index (χ1v) is 7.18. The lowest BCUT2D eigenvalue weighted by Gasteiger charge is -2.35. The van der Waals surface area contributed by atoms with Gasteiger partial charge < -0.3 is 10.8 Å². The van der Waals surface area contributed by atoms with Crippen LogP contribution in [0, 0.1) is 5.92 Å². The highest BCUT2D eigenvalue weighted by atomic mass is 16.4. The van der Waals surface area contributed by atoms with E-state index in [2.05, 4.69) is 25.7 Å². The average Bonchev–Trinajstić information content (AvgIpc) is 3.11. The number of carboxylic acid groups (broad SMARTS) is 1. The van der Waals surface area contributed by atoms with Crippen LogP contribution in [0.3, 0.4) is 0 Å². The Labute approximate surface area is 111 Å². The molecule has 18 heavy (non-hydrogen) atoms. The first-order chi connectivity index (χ1) is 8.41. The summed E-state index contributed by atoms with van der Waals surface area (Å²) in [6.45, 7) is 7.83. The van der Waals surface area contributed by atoms with Gasteiger partial charge in [0.2, 0.25) is 0 Å². The number of rotatable bonds is 9. The van der Waals surface area contributed by atoms with Crippen LogP contribution in [0.5, 0.6) is 0 Å². The molecule has 1 fully saturated rings. The van der Waals surface area contributed by atoms with Gasteiger partial charge in [0.15, 0.2) is 0 Å². The topological polar surface area (TPSA) is 66.6 Å². The van der Waals surface area contributed by atoms with E-state index in [1.165, 1.54) is 12.8 Å². The van der Waals surface area contributed by atoms with Crippen molar-refractivity contribution in [1.29, 1.82) is 0 Å². The highest BCUT2D eigenvalue weighted by molar-refractivity contribution is 5.79. The highest BCUT2D eigenvalue weighted by Gasteiger charge is 2.49. The number of carbonyl (C=O) groups is 1. The molecule has 0 amide bonds. The maximum Gasteiger partial charge on any atom is 0.325 e. The molecule has 0 aromatic carbocycles. The molecule has 0 aliphatic heterocycles. The van der Waals surface area contributed by atoms with E-state index in [4.69, 9.17) is 5.73 Å². The molecule has 0 bridgehead atoms. The van der Waals surface area contributed by atoms with Crippen LogP contribution in [0.15, 0.2) is 0 Å². The average molecular weight is 256 g/mol. The van der Waals surface area contributed by atoms with Crippen LogP contribution in [0.2, 0.25) is 0 Å². The van der Waals surface area contributed by atoms with Gasteiger partial charge in [-0.2, -0.15) is 0 Å². The maximum absolute atomic E-state index is 11.4. The molecule has 1 unspecified atom stereocenters. The van der Waals surface area contributed by atoms with Gasteiger partial charge in [-0.1, -0.05) is 19.8 Å². The minimum Gasteiger partial charge on any atom is -0.480 e. The lowest BCUT2D eigenvalue weighted by Crippen LogP contribution is -2.59. The first kappa shape index (κ1) is 15.4. The van der Waals surface area contributed by atoms with Gasteiger partial charge in [0.25, 0.3) is 0 Å². The maximum atomic E-state index is 11.4. The molecule has 0 heterocycles. The summed E-state index contributed by atoms with van der Waals surface area (Å²) in [5.74, 6) is -0.673. The van der Waals surface area contributed by atoms with Crippen LogP contribution in [-0.4, -0.2) is 40.6 Å². The minimum absolute atomic E-state index is 0.169. The monoisotopic (exact) mass is 256 g/mol. The lowest BCUT2D eigenvalue weighted by molar-refractivity contribution is -0.145. The second kappa shape index (κ2) is 6.53. The quantitative estimate of drug-likeness (QED) is 0.620. The van der Waals surface area contributed by atoms with Gasteiger partial charge in [-0.15, -0.1) is 0 Å². The second-order valence-electron chi connectivity index (χ2n) is 5.89. The molecule has 0 spiro atoms. The molecule has 4 heteroatoms. The molecule has 0 radical (unpaired) electrons. The van der Waals surface area contributed by atoms with E-state index in [-0.39, 0.29) is 5.92 Å². The van der Waals surface area contributed by atoms with Gasteiger partial charge in [0.1, 0.15) is 5.54 Å². The predicted molar refractivity (Wildman–Crippen MR) is 73.5 cm³/mol. The third-order valence-electron chi connectivity index (χ3n) is 3.95. The predicted octanol–water partition coefficient (Wildman–Crippen LogP) is 2.08. The minimum atomic E-state index is -1.05. The fourth-order valence-corrected chi connectivity index (χ4v) is 2.39. The number of unbranched alkanes of at least 4 members (excludes halogenated alkanes) is 2. The van der Waals surface area contributed by atoms with Gasteiger partial charge in [-0.05, 0) is 45.6 Å². The van der Waals surface area contributed by atoms with E-state index in [0.717, 1.165) is 25.8 Å². The largest absolute Gasteiger partial charge is 0.480 e. The third-order valence-corrected chi connectivity index (χ3v) is 3.95. The Kier molecular flexibility index (Phi) is 5.60. The molecule has 1 saturated carbocycles. The molecule has 1 aliphatic rings. The zero-order valence-electron chi connectivity index (χ0n) is 12.0. The Balaban J connectivity index is 2.59. The number of nitrogens with two attached hydrogens (primary N) is 1.